The normalized spacial score (nSPS) is 10.9. The lowest BCUT2D eigenvalue weighted by molar-refractivity contribution is -0.148. The SMILES string of the molecule is COC(=O)C(=O)C(=NNc1ccc(Cl)cc1)C(=O)c1ccc(C)cc1. The van der Waals surface area contributed by atoms with E-state index in [2.05, 4.69) is 15.3 Å². The lowest BCUT2D eigenvalue weighted by Gasteiger charge is -2.06. The van der Waals surface area contributed by atoms with Crippen LogP contribution in [0.2, 0.25) is 5.02 Å². The van der Waals surface area contributed by atoms with Crippen molar-refractivity contribution in [2.24, 2.45) is 5.10 Å². The highest BCUT2D eigenvalue weighted by atomic mass is 35.5. The number of nitrogens with one attached hydrogen (secondary N) is 1. The molecule has 0 heterocycles. The van der Waals surface area contributed by atoms with E-state index in [0.717, 1.165) is 12.7 Å². The van der Waals surface area contributed by atoms with Gasteiger partial charge < -0.3 is 4.74 Å². The molecule has 6 nitrogen and oxygen atoms in total. The summed E-state index contributed by atoms with van der Waals surface area (Å²) in [5.41, 5.74) is 3.69. The predicted octanol–water partition coefficient (Wildman–Crippen LogP) is 3.04. The number of anilines is 1. The molecule has 0 fully saturated rings. The van der Waals surface area contributed by atoms with E-state index in [1.807, 2.05) is 6.92 Å². The lowest BCUT2D eigenvalue weighted by atomic mass is 10.0. The molecule has 2 rings (SSSR count). The molecule has 0 radical (unpaired) electrons. The number of aryl methyl sites for hydroxylation is 1. The van der Waals surface area contributed by atoms with E-state index in [-0.39, 0.29) is 5.56 Å². The first kappa shape index (κ1) is 18.4. The summed E-state index contributed by atoms with van der Waals surface area (Å²) >= 11 is 5.80. The molecule has 2 aromatic rings. The van der Waals surface area contributed by atoms with Gasteiger partial charge in [0.2, 0.25) is 5.78 Å². The quantitative estimate of drug-likeness (QED) is 0.214. The molecule has 128 valence electrons. The van der Waals surface area contributed by atoms with Crippen molar-refractivity contribution < 1.29 is 19.1 Å². The van der Waals surface area contributed by atoms with Crippen LogP contribution in [0, 0.1) is 6.92 Å². The highest BCUT2D eigenvalue weighted by Crippen LogP contribution is 2.14. The van der Waals surface area contributed by atoms with Crippen molar-refractivity contribution in [2.45, 2.75) is 6.92 Å². The minimum Gasteiger partial charge on any atom is -0.463 e. The molecule has 0 aliphatic carbocycles. The summed E-state index contributed by atoms with van der Waals surface area (Å²) in [4.78, 5) is 36.3. The van der Waals surface area contributed by atoms with Gasteiger partial charge >= 0.3 is 5.97 Å². The van der Waals surface area contributed by atoms with Crippen LogP contribution in [0.1, 0.15) is 15.9 Å². The Morgan fingerprint density at radius 1 is 1.00 bits per heavy atom. The van der Waals surface area contributed by atoms with Crippen molar-refractivity contribution >= 4 is 40.5 Å². The maximum Gasteiger partial charge on any atom is 0.381 e. The van der Waals surface area contributed by atoms with Gasteiger partial charge in [0.25, 0.3) is 5.78 Å². The Bertz CT molecular complexity index is 827. The summed E-state index contributed by atoms with van der Waals surface area (Å²) in [6.07, 6.45) is 0. The first-order chi connectivity index (χ1) is 11.9. The molecule has 0 saturated carbocycles. The number of carbonyl (C=O) groups is 3. The Morgan fingerprint density at radius 2 is 1.60 bits per heavy atom. The van der Waals surface area contributed by atoms with Gasteiger partial charge in [0.15, 0.2) is 5.71 Å². The number of ketones is 2. The van der Waals surface area contributed by atoms with Crippen LogP contribution < -0.4 is 5.43 Å². The number of Topliss-reactive ketones (excluding diaryl/α,β-unsaturated/α-hetero) is 2. The highest BCUT2D eigenvalue weighted by molar-refractivity contribution is 6.80. The number of benzene rings is 2. The van der Waals surface area contributed by atoms with Crippen molar-refractivity contribution in [3.05, 3.63) is 64.7 Å². The van der Waals surface area contributed by atoms with Gasteiger partial charge in [-0.3, -0.25) is 15.0 Å². The van der Waals surface area contributed by atoms with E-state index in [1.54, 1.807) is 48.5 Å². The molecule has 25 heavy (non-hydrogen) atoms. The monoisotopic (exact) mass is 358 g/mol. The molecule has 1 N–H and O–H groups in total. The van der Waals surface area contributed by atoms with Crippen molar-refractivity contribution in [1.82, 2.24) is 0 Å². The topological polar surface area (TPSA) is 84.8 Å². The standard InChI is InChI=1S/C18H15ClN2O4/c1-11-3-5-12(6-4-11)16(22)15(17(23)18(24)25-2)21-20-14-9-7-13(19)8-10-14/h3-10,20H,1-2H3. The van der Waals surface area contributed by atoms with Gasteiger partial charge in [-0.25, -0.2) is 4.79 Å². The maximum atomic E-state index is 12.6. The number of halogens is 1. The largest absolute Gasteiger partial charge is 0.463 e. The zero-order valence-electron chi connectivity index (χ0n) is 13.6. The number of hydrazone groups is 1. The van der Waals surface area contributed by atoms with Crippen molar-refractivity contribution in [1.29, 1.82) is 0 Å². The summed E-state index contributed by atoms with van der Waals surface area (Å²) in [6, 6.07) is 13.0. The molecule has 0 saturated heterocycles. The van der Waals surface area contributed by atoms with Gasteiger partial charge in [-0.05, 0) is 31.2 Å². The highest BCUT2D eigenvalue weighted by Gasteiger charge is 2.28. The van der Waals surface area contributed by atoms with Gasteiger partial charge in [0.05, 0.1) is 12.8 Å². The van der Waals surface area contributed by atoms with E-state index >= 15 is 0 Å². The van der Waals surface area contributed by atoms with Crippen LogP contribution in [0.3, 0.4) is 0 Å². The number of nitrogens with zero attached hydrogens (tertiary/aromatic N) is 1. The zero-order chi connectivity index (χ0) is 18.4. The molecule has 0 atom stereocenters. The third kappa shape index (κ3) is 4.74. The first-order valence-electron chi connectivity index (χ1n) is 7.25. The summed E-state index contributed by atoms with van der Waals surface area (Å²) in [5.74, 6) is -2.98. The van der Waals surface area contributed by atoms with Gasteiger partial charge in [0, 0.05) is 10.6 Å². The second-order valence-corrected chi connectivity index (χ2v) is 5.53. The van der Waals surface area contributed by atoms with Crippen LogP contribution in [0.5, 0.6) is 0 Å². The Hall–Kier alpha value is -2.99. The van der Waals surface area contributed by atoms with E-state index in [1.165, 1.54) is 0 Å². The predicted molar refractivity (Wildman–Crippen MR) is 95.0 cm³/mol. The molecule has 0 aliphatic heterocycles. The zero-order valence-corrected chi connectivity index (χ0v) is 14.3. The fraction of sp³-hybridized carbons (Fsp3) is 0.111. The summed E-state index contributed by atoms with van der Waals surface area (Å²) in [7, 11) is 1.06. The fourth-order valence-electron chi connectivity index (χ4n) is 1.88. The summed E-state index contributed by atoms with van der Waals surface area (Å²) in [6.45, 7) is 1.87. The molecule has 0 bridgehead atoms. The van der Waals surface area contributed by atoms with Crippen LogP contribution in [0.4, 0.5) is 5.69 Å². The van der Waals surface area contributed by atoms with Gasteiger partial charge in [-0.2, -0.15) is 5.10 Å². The molecule has 0 aliphatic rings. The van der Waals surface area contributed by atoms with Crippen LogP contribution in [0.25, 0.3) is 0 Å². The van der Waals surface area contributed by atoms with Crippen molar-refractivity contribution in [3.8, 4) is 0 Å². The number of ether oxygens (including phenoxy) is 1. The second kappa shape index (κ2) is 8.21. The number of methoxy groups -OCH3 is 1. The molecule has 0 unspecified atom stereocenters. The Balaban J connectivity index is 2.34. The Labute approximate surface area is 149 Å². The van der Waals surface area contributed by atoms with Crippen LogP contribution >= 0.6 is 11.6 Å². The van der Waals surface area contributed by atoms with E-state index in [4.69, 9.17) is 11.6 Å². The summed E-state index contributed by atoms with van der Waals surface area (Å²) in [5, 5.41) is 4.34. The van der Waals surface area contributed by atoms with Crippen LogP contribution in [-0.4, -0.2) is 30.4 Å². The van der Waals surface area contributed by atoms with E-state index in [0.29, 0.717) is 10.7 Å². The van der Waals surface area contributed by atoms with Crippen LogP contribution in [-0.2, 0) is 14.3 Å². The first-order valence-corrected chi connectivity index (χ1v) is 7.63. The molecule has 0 aromatic heterocycles. The number of hydrogen-bond donors (Lipinski definition) is 1. The molecule has 0 spiro atoms. The lowest BCUT2D eigenvalue weighted by Crippen LogP contribution is -2.32. The minimum absolute atomic E-state index is 0.236. The second-order valence-electron chi connectivity index (χ2n) is 5.09. The molecular weight excluding hydrogens is 344 g/mol. The third-order valence-electron chi connectivity index (χ3n) is 3.26. The van der Waals surface area contributed by atoms with Crippen LogP contribution in [0.15, 0.2) is 53.6 Å². The van der Waals surface area contributed by atoms with Gasteiger partial charge in [0.1, 0.15) is 0 Å². The van der Waals surface area contributed by atoms with Gasteiger partial charge in [-0.15, -0.1) is 0 Å². The average Bonchev–Trinajstić information content (AvgIpc) is 2.62. The number of hydrogen-bond acceptors (Lipinski definition) is 6. The van der Waals surface area contributed by atoms with E-state index in [9.17, 15) is 14.4 Å². The number of esters is 1. The Morgan fingerprint density at radius 3 is 2.16 bits per heavy atom. The van der Waals surface area contributed by atoms with Crippen molar-refractivity contribution in [2.75, 3.05) is 12.5 Å². The molecule has 2 aromatic carbocycles. The molecule has 0 amide bonds. The Kier molecular flexibility index (Phi) is 6.03. The average molecular weight is 359 g/mol. The minimum atomic E-state index is -1.17. The third-order valence-corrected chi connectivity index (χ3v) is 3.51. The molecule has 7 heteroatoms. The van der Waals surface area contributed by atoms with E-state index < -0.39 is 23.2 Å². The fourth-order valence-corrected chi connectivity index (χ4v) is 2.01. The number of carbonyl (C=O) groups excluding carboxylic acids is 3. The molecular formula is C18H15ClN2O4. The maximum absolute atomic E-state index is 12.6. The summed E-state index contributed by atoms with van der Waals surface area (Å²) < 4.78 is 4.40. The smallest absolute Gasteiger partial charge is 0.381 e. The number of rotatable bonds is 6. The van der Waals surface area contributed by atoms with Gasteiger partial charge in [-0.1, -0.05) is 41.4 Å². The van der Waals surface area contributed by atoms with Crippen molar-refractivity contribution in [3.63, 3.8) is 0 Å².